The van der Waals surface area contributed by atoms with Gasteiger partial charge in [-0.2, -0.15) is 4.99 Å². The fraction of sp³-hybridized carbons (Fsp3) is 0.364. The molecule has 1 aromatic rings. The highest BCUT2D eigenvalue weighted by Gasteiger charge is 2.47. The number of phenolic OH excluding ortho intramolecular Hbond substituents is 1. The van der Waals surface area contributed by atoms with Gasteiger partial charge in [0.05, 0.1) is 0 Å². The van der Waals surface area contributed by atoms with E-state index < -0.39 is 5.54 Å². The average Bonchev–Trinajstić information content (AvgIpc) is 2.89. The van der Waals surface area contributed by atoms with Gasteiger partial charge in [-0.1, -0.05) is 0 Å². The number of ether oxygens (including phenoxy) is 2. The average molecular weight is 219 g/mol. The smallest absolute Gasteiger partial charge is 0.235 e. The number of benzene rings is 1. The van der Waals surface area contributed by atoms with Crippen molar-refractivity contribution in [2.45, 2.75) is 18.4 Å². The number of hydrogen-bond donors (Lipinski definition) is 1. The second-order valence-electron chi connectivity index (χ2n) is 3.96. The van der Waals surface area contributed by atoms with E-state index in [2.05, 4.69) is 4.99 Å². The molecule has 0 atom stereocenters. The van der Waals surface area contributed by atoms with E-state index in [-0.39, 0.29) is 12.5 Å². The number of aromatic hydroxyl groups is 1. The zero-order valence-corrected chi connectivity index (χ0v) is 8.40. The summed E-state index contributed by atoms with van der Waals surface area (Å²) in [6, 6.07) is 3.18. The first kappa shape index (κ1) is 9.24. The maximum absolute atomic E-state index is 10.3. The van der Waals surface area contributed by atoms with Gasteiger partial charge in [-0.3, -0.25) is 0 Å². The third-order valence-electron chi connectivity index (χ3n) is 2.98. The van der Waals surface area contributed by atoms with E-state index >= 15 is 0 Å². The molecule has 5 nitrogen and oxygen atoms in total. The largest absolute Gasteiger partial charge is 0.507 e. The minimum Gasteiger partial charge on any atom is -0.507 e. The van der Waals surface area contributed by atoms with E-state index in [1.165, 1.54) is 6.07 Å². The predicted molar refractivity (Wildman–Crippen MR) is 53.3 cm³/mol. The van der Waals surface area contributed by atoms with E-state index in [1.54, 1.807) is 12.1 Å². The van der Waals surface area contributed by atoms with Gasteiger partial charge < -0.3 is 14.6 Å². The van der Waals surface area contributed by atoms with E-state index in [0.717, 1.165) is 12.8 Å². The molecule has 5 heteroatoms. The van der Waals surface area contributed by atoms with Crippen LogP contribution in [0.1, 0.15) is 18.4 Å². The Morgan fingerprint density at radius 3 is 2.62 bits per heavy atom. The number of hydrogen-bond acceptors (Lipinski definition) is 5. The van der Waals surface area contributed by atoms with Gasteiger partial charge >= 0.3 is 0 Å². The summed E-state index contributed by atoms with van der Waals surface area (Å²) in [5.74, 6) is 1.19. The first-order valence-electron chi connectivity index (χ1n) is 4.97. The summed E-state index contributed by atoms with van der Waals surface area (Å²) < 4.78 is 10.4. The molecule has 1 aliphatic carbocycles. The normalized spacial score (nSPS) is 19.0. The van der Waals surface area contributed by atoms with E-state index in [4.69, 9.17) is 9.47 Å². The van der Waals surface area contributed by atoms with Crippen LogP contribution in [0.3, 0.4) is 0 Å². The lowest BCUT2D eigenvalue weighted by Crippen LogP contribution is -2.02. The number of phenols is 1. The molecule has 0 spiro atoms. The molecule has 1 fully saturated rings. The molecule has 0 unspecified atom stereocenters. The van der Waals surface area contributed by atoms with Crippen LogP contribution in [0.4, 0.5) is 0 Å². The summed E-state index contributed by atoms with van der Waals surface area (Å²) >= 11 is 0. The topological polar surface area (TPSA) is 68.1 Å². The Kier molecular flexibility index (Phi) is 1.73. The van der Waals surface area contributed by atoms with Crippen molar-refractivity contribution in [2.75, 3.05) is 6.79 Å². The van der Waals surface area contributed by atoms with Gasteiger partial charge in [0.15, 0.2) is 11.5 Å². The first-order valence-corrected chi connectivity index (χ1v) is 4.97. The highest BCUT2D eigenvalue weighted by atomic mass is 16.7. The Bertz CT molecular complexity index is 501. The number of carbonyl (C=O) groups excluding carboxylic acids is 1. The van der Waals surface area contributed by atoms with Crippen molar-refractivity contribution in [3.63, 3.8) is 0 Å². The van der Waals surface area contributed by atoms with Crippen LogP contribution in [0.25, 0.3) is 0 Å². The molecule has 1 N–H and O–H groups in total. The zero-order chi connectivity index (χ0) is 11.2. The van der Waals surface area contributed by atoms with Crippen LogP contribution < -0.4 is 9.47 Å². The Hall–Kier alpha value is -2.00. The number of aliphatic imine (C=N–C) groups is 1. The quantitative estimate of drug-likeness (QED) is 0.603. The molecule has 1 aromatic carbocycles. The fourth-order valence-electron chi connectivity index (χ4n) is 1.95. The monoisotopic (exact) mass is 219 g/mol. The molecule has 1 saturated carbocycles. The number of nitrogens with zero attached hydrogens (tertiary/aromatic N) is 1. The summed E-state index contributed by atoms with van der Waals surface area (Å²) in [4.78, 5) is 14.1. The van der Waals surface area contributed by atoms with Crippen molar-refractivity contribution in [1.82, 2.24) is 0 Å². The molecular weight excluding hydrogens is 210 g/mol. The molecule has 0 radical (unpaired) electrons. The first-order chi connectivity index (χ1) is 7.75. The molecule has 82 valence electrons. The van der Waals surface area contributed by atoms with Gasteiger partial charge in [-0.25, -0.2) is 4.79 Å². The van der Waals surface area contributed by atoms with Crippen molar-refractivity contribution in [2.24, 2.45) is 4.99 Å². The molecule has 0 amide bonds. The van der Waals surface area contributed by atoms with Crippen LogP contribution in [0.2, 0.25) is 0 Å². The summed E-state index contributed by atoms with van der Waals surface area (Å²) in [6.45, 7) is 0.155. The minimum atomic E-state index is -0.590. The van der Waals surface area contributed by atoms with Gasteiger partial charge in [-0.15, -0.1) is 0 Å². The number of rotatable bonds is 2. The maximum atomic E-state index is 10.3. The molecule has 16 heavy (non-hydrogen) atoms. The molecule has 3 rings (SSSR count). The maximum Gasteiger partial charge on any atom is 0.235 e. The van der Waals surface area contributed by atoms with Crippen LogP contribution in [-0.2, 0) is 10.3 Å². The molecule has 0 aromatic heterocycles. The lowest BCUT2D eigenvalue weighted by molar-refractivity contribution is 0.174. The second-order valence-corrected chi connectivity index (χ2v) is 3.96. The van der Waals surface area contributed by atoms with Gasteiger partial charge in [-0.05, 0) is 18.9 Å². The van der Waals surface area contributed by atoms with Crippen molar-refractivity contribution in [3.8, 4) is 17.2 Å². The van der Waals surface area contributed by atoms with Gasteiger partial charge in [0.1, 0.15) is 11.3 Å². The fourth-order valence-corrected chi connectivity index (χ4v) is 1.95. The van der Waals surface area contributed by atoms with Gasteiger partial charge in [0.25, 0.3) is 0 Å². The van der Waals surface area contributed by atoms with Crippen LogP contribution in [-0.4, -0.2) is 18.0 Å². The summed E-state index contributed by atoms with van der Waals surface area (Å²) in [7, 11) is 0. The highest BCUT2D eigenvalue weighted by Crippen LogP contribution is 2.54. The molecule has 2 aliphatic rings. The van der Waals surface area contributed by atoms with Gasteiger partial charge in [0, 0.05) is 11.6 Å². The SMILES string of the molecule is O=C=NC1(c2cc3c(cc2O)OCO3)CC1. The highest BCUT2D eigenvalue weighted by molar-refractivity contribution is 5.56. The second kappa shape index (κ2) is 3.00. The Labute approximate surface area is 91.3 Å². The summed E-state index contributed by atoms with van der Waals surface area (Å²) in [5, 5.41) is 9.85. The molecule has 1 aliphatic heterocycles. The third-order valence-corrected chi connectivity index (χ3v) is 2.98. The molecule has 0 bridgehead atoms. The van der Waals surface area contributed by atoms with Crippen LogP contribution in [0.5, 0.6) is 17.2 Å². The van der Waals surface area contributed by atoms with E-state index in [1.807, 2.05) is 0 Å². The van der Waals surface area contributed by atoms with Gasteiger partial charge in [0.2, 0.25) is 12.9 Å². The van der Waals surface area contributed by atoms with Crippen LogP contribution >= 0.6 is 0 Å². The Morgan fingerprint density at radius 2 is 2.00 bits per heavy atom. The summed E-state index contributed by atoms with van der Waals surface area (Å²) in [6.07, 6.45) is 3.05. The number of isocyanates is 1. The lowest BCUT2D eigenvalue weighted by Gasteiger charge is -2.11. The lowest BCUT2D eigenvalue weighted by atomic mass is 10.0. The van der Waals surface area contributed by atoms with Crippen molar-refractivity contribution >= 4 is 6.08 Å². The van der Waals surface area contributed by atoms with E-state index in [9.17, 15) is 9.90 Å². The van der Waals surface area contributed by atoms with E-state index in [0.29, 0.717) is 17.1 Å². The Morgan fingerprint density at radius 1 is 1.31 bits per heavy atom. The van der Waals surface area contributed by atoms with Crippen molar-refractivity contribution < 1.29 is 19.4 Å². The zero-order valence-electron chi connectivity index (χ0n) is 8.40. The third kappa shape index (κ3) is 1.19. The number of fused-ring (bicyclic) bond motifs is 1. The Balaban J connectivity index is 2.11. The van der Waals surface area contributed by atoms with Crippen LogP contribution in [0, 0.1) is 0 Å². The molecule has 1 heterocycles. The molecular formula is C11H9NO4. The van der Waals surface area contributed by atoms with Crippen LogP contribution in [0.15, 0.2) is 17.1 Å². The van der Waals surface area contributed by atoms with Crippen molar-refractivity contribution in [3.05, 3.63) is 17.7 Å². The van der Waals surface area contributed by atoms with Crippen molar-refractivity contribution in [1.29, 1.82) is 0 Å². The minimum absolute atomic E-state index is 0.0840. The molecule has 0 saturated heterocycles. The standard InChI is InChI=1S/C11H9NO4/c13-5-12-11(1-2-11)7-3-9-10(4-8(7)14)16-6-15-9/h3-4,14H,1-2,6H2. The predicted octanol–water partition coefficient (Wildman–Crippen LogP) is 1.45. The summed E-state index contributed by atoms with van der Waals surface area (Å²) in [5.41, 5.74) is 0.0207.